The lowest BCUT2D eigenvalue weighted by molar-refractivity contribution is 0.141. The van der Waals surface area contributed by atoms with Crippen LogP contribution < -0.4 is 0 Å². The van der Waals surface area contributed by atoms with Crippen LogP contribution in [0.2, 0.25) is 0 Å². The molecule has 0 aliphatic carbocycles. The van der Waals surface area contributed by atoms with E-state index < -0.39 is 17.9 Å². The molecule has 0 aliphatic heterocycles. The van der Waals surface area contributed by atoms with Crippen molar-refractivity contribution in [3.8, 4) is 5.75 Å². The first-order valence-corrected chi connectivity index (χ1v) is 4.72. The van der Waals surface area contributed by atoms with Gasteiger partial charge in [-0.2, -0.15) is 0 Å². The van der Waals surface area contributed by atoms with Crippen LogP contribution in [0.15, 0.2) is 6.07 Å². The molecular formula is C8H8BrF2NO. The zero-order valence-electron chi connectivity index (χ0n) is 6.89. The number of aromatic nitrogens is 1. The summed E-state index contributed by atoms with van der Waals surface area (Å²) in [5.41, 5.74) is 0.361. The highest BCUT2D eigenvalue weighted by Gasteiger charge is 2.17. The summed E-state index contributed by atoms with van der Waals surface area (Å²) >= 11 is 3.09. The van der Waals surface area contributed by atoms with Gasteiger partial charge in [-0.05, 0) is 13.0 Å². The summed E-state index contributed by atoms with van der Waals surface area (Å²) in [6.07, 6.45) is -2.74. The second-order valence-corrected chi connectivity index (χ2v) is 3.15. The summed E-state index contributed by atoms with van der Waals surface area (Å²) in [4.78, 5) is 3.56. The molecule has 0 saturated carbocycles. The number of alkyl halides is 3. The maximum Gasteiger partial charge on any atom is 0.284 e. The van der Waals surface area contributed by atoms with Crippen molar-refractivity contribution in [2.45, 2.75) is 18.7 Å². The van der Waals surface area contributed by atoms with Gasteiger partial charge in [0, 0.05) is 16.6 Å². The average molecular weight is 252 g/mol. The minimum atomic E-state index is -2.74. The minimum absolute atomic E-state index is 0.335. The highest BCUT2D eigenvalue weighted by molar-refractivity contribution is 9.08. The molecule has 1 N–H and O–H groups in total. The van der Waals surface area contributed by atoms with Crippen LogP contribution in [0.1, 0.15) is 23.4 Å². The summed E-state index contributed by atoms with van der Waals surface area (Å²) in [6.45, 7) is 1.61. The number of aryl methyl sites for hydroxylation is 1. The van der Waals surface area contributed by atoms with Gasteiger partial charge in [0.25, 0.3) is 6.43 Å². The Morgan fingerprint density at radius 3 is 2.69 bits per heavy atom. The standard InChI is InChI=1S/C8H8BrF2NO/c1-4-2-5(3-9)7(13)6(12-4)8(10)11/h2,8,13H,3H2,1H3. The molecule has 0 atom stereocenters. The van der Waals surface area contributed by atoms with Crippen LogP contribution in [0.3, 0.4) is 0 Å². The molecule has 1 heterocycles. The van der Waals surface area contributed by atoms with Gasteiger partial charge in [-0.15, -0.1) is 0 Å². The number of rotatable bonds is 2. The minimum Gasteiger partial charge on any atom is -0.505 e. The lowest BCUT2D eigenvalue weighted by Crippen LogP contribution is -1.96. The SMILES string of the molecule is Cc1cc(CBr)c(O)c(C(F)F)n1. The van der Waals surface area contributed by atoms with Crippen LogP contribution >= 0.6 is 15.9 Å². The van der Waals surface area contributed by atoms with Crippen molar-refractivity contribution >= 4 is 15.9 Å². The van der Waals surface area contributed by atoms with Crippen molar-refractivity contribution in [1.29, 1.82) is 0 Å². The van der Waals surface area contributed by atoms with Gasteiger partial charge in [0.15, 0.2) is 0 Å². The van der Waals surface area contributed by atoms with Gasteiger partial charge in [0.2, 0.25) is 0 Å². The number of hydrogen-bond acceptors (Lipinski definition) is 2. The highest BCUT2D eigenvalue weighted by atomic mass is 79.9. The number of hydrogen-bond donors (Lipinski definition) is 1. The molecule has 1 rings (SSSR count). The molecule has 0 spiro atoms. The van der Waals surface area contributed by atoms with E-state index in [1.54, 1.807) is 13.0 Å². The topological polar surface area (TPSA) is 33.1 Å². The Morgan fingerprint density at radius 2 is 2.23 bits per heavy atom. The Bertz CT molecular complexity index is 317. The van der Waals surface area contributed by atoms with Gasteiger partial charge in [0.1, 0.15) is 11.4 Å². The van der Waals surface area contributed by atoms with E-state index in [1.807, 2.05) is 0 Å². The molecule has 72 valence electrons. The quantitative estimate of drug-likeness (QED) is 0.821. The normalized spacial score (nSPS) is 10.8. The first kappa shape index (κ1) is 10.4. The van der Waals surface area contributed by atoms with Crippen molar-refractivity contribution < 1.29 is 13.9 Å². The van der Waals surface area contributed by atoms with Gasteiger partial charge >= 0.3 is 0 Å². The Kier molecular flexibility index (Phi) is 3.19. The summed E-state index contributed by atoms with van der Waals surface area (Å²) in [7, 11) is 0. The monoisotopic (exact) mass is 251 g/mol. The number of nitrogens with zero attached hydrogens (tertiary/aromatic N) is 1. The molecule has 0 saturated heterocycles. The van der Waals surface area contributed by atoms with Gasteiger partial charge in [-0.1, -0.05) is 15.9 Å². The van der Waals surface area contributed by atoms with Crippen molar-refractivity contribution in [3.63, 3.8) is 0 Å². The van der Waals surface area contributed by atoms with Crippen LogP contribution in [0.25, 0.3) is 0 Å². The fourth-order valence-corrected chi connectivity index (χ4v) is 1.44. The van der Waals surface area contributed by atoms with Crippen LogP contribution in [-0.4, -0.2) is 10.1 Å². The second kappa shape index (κ2) is 4.00. The molecule has 0 amide bonds. The molecule has 0 radical (unpaired) electrons. The number of pyridine rings is 1. The molecule has 13 heavy (non-hydrogen) atoms. The number of halogens is 3. The van der Waals surface area contributed by atoms with Gasteiger partial charge in [-0.25, -0.2) is 13.8 Å². The first-order valence-electron chi connectivity index (χ1n) is 3.59. The van der Waals surface area contributed by atoms with E-state index in [4.69, 9.17) is 0 Å². The average Bonchev–Trinajstić information content (AvgIpc) is 2.08. The van der Waals surface area contributed by atoms with Crippen molar-refractivity contribution in [2.75, 3.05) is 0 Å². The summed E-state index contributed by atoms with van der Waals surface area (Å²) in [6, 6.07) is 1.57. The molecule has 1 aromatic rings. The van der Waals surface area contributed by atoms with E-state index in [-0.39, 0.29) is 0 Å². The third kappa shape index (κ3) is 2.15. The lowest BCUT2D eigenvalue weighted by Gasteiger charge is -2.07. The van der Waals surface area contributed by atoms with Crippen LogP contribution in [0, 0.1) is 6.92 Å². The van der Waals surface area contributed by atoms with Crippen LogP contribution in [-0.2, 0) is 5.33 Å². The third-order valence-corrected chi connectivity index (χ3v) is 2.18. The smallest absolute Gasteiger partial charge is 0.284 e. The molecule has 0 fully saturated rings. The van der Waals surface area contributed by atoms with E-state index >= 15 is 0 Å². The summed E-state index contributed by atoms with van der Waals surface area (Å²) in [5, 5.41) is 9.65. The fraction of sp³-hybridized carbons (Fsp3) is 0.375. The Morgan fingerprint density at radius 1 is 1.62 bits per heavy atom. The number of aromatic hydroxyl groups is 1. The molecule has 0 aliphatic rings. The summed E-state index contributed by atoms with van der Waals surface area (Å²) in [5.74, 6) is -0.419. The molecule has 2 nitrogen and oxygen atoms in total. The van der Waals surface area contributed by atoms with Gasteiger partial charge in [-0.3, -0.25) is 0 Å². The van der Waals surface area contributed by atoms with Gasteiger partial charge < -0.3 is 5.11 Å². The zero-order chi connectivity index (χ0) is 10.0. The first-order chi connectivity index (χ1) is 6.06. The predicted molar refractivity (Wildman–Crippen MR) is 48.2 cm³/mol. The van der Waals surface area contributed by atoms with Crippen molar-refractivity contribution in [1.82, 2.24) is 4.98 Å². The van der Waals surface area contributed by atoms with Crippen molar-refractivity contribution in [3.05, 3.63) is 23.0 Å². The highest BCUT2D eigenvalue weighted by Crippen LogP contribution is 2.30. The Labute approximate surface area is 82.7 Å². The Hall–Kier alpha value is -0.710. The van der Waals surface area contributed by atoms with E-state index in [0.29, 0.717) is 16.6 Å². The molecule has 0 aromatic carbocycles. The fourth-order valence-electron chi connectivity index (χ4n) is 1.01. The Balaban J connectivity index is 3.27. The lowest BCUT2D eigenvalue weighted by atomic mass is 10.2. The third-order valence-electron chi connectivity index (χ3n) is 1.58. The molecule has 0 bridgehead atoms. The predicted octanol–water partition coefficient (Wildman–Crippen LogP) is 2.93. The largest absolute Gasteiger partial charge is 0.505 e. The van der Waals surface area contributed by atoms with Crippen molar-refractivity contribution in [2.24, 2.45) is 0 Å². The molecule has 1 aromatic heterocycles. The maximum absolute atomic E-state index is 12.3. The second-order valence-electron chi connectivity index (χ2n) is 2.59. The zero-order valence-corrected chi connectivity index (χ0v) is 8.48. The van der Waals surface area contributed by atoms with Gasteiger partial charge in [0.05, 0.1) is 0 Å². The van der Waals surface area contributed by atoms with E-state index in [9.17, 15) is 13.9 Å². The van der Waals surface area contributed by atoms with Crippen LogP contribution in [0.5, 0.6) is 5.75 Å². The summed E-state index contributed by atoms with van der Waals surface area (Å²) < 4.78 is 24.6. The molecule has 0 unspecified atom stereocenters. The van der Waals surface area contributed by atoms with E-state index in [2.05, 4.69) is 20.9 Å². The van der Waals surface area contributed by atoms with Crippen LogP contribution in [0.4, 0.5) is 8.78 Å². The molecular weight excluding hydrogens is 244 g/mol. The van der Waals surface area contributed by atoms with E-state index in [1.165, 1.54) is 0 Å². The molecule has 5 heteroatoms. The maximum atomic E-state index is 12.3. The van der Waals surface area contributed by atoms with E-state index in [0.717, 1.165) is 0 Å².